The van der Waals surface area contributed by atoms with E-state index in [4.69, 9.17) is 12.2 Å². The Hall–Kier alpha value is -1.21. The van der Waals surface area contributed by atoms with Crippen LogP contribution in [0.15, 0.2) is 16.6 Å². The number of amides is 1. The highest BCUT2D eigenvalue weighted by molar-refractivity contribution is 9.10. The van der Waals surface area contributed by atoms with E-state index >= 15 is 0 Å². The Labute approximate surface area is 123 Å². The first kappa shape index (κ1) is 14.2. The summed E-state index contributed by atoms with van der Waals surface area (Å²) in [5, 5.41) is 2.73. The minimum atomic E-state index is -0.498. The Bertz CT molecular complexity index is 694. The van der Waals surface area contributed by atoms with Crippen molar-refractivity contribution in [2.75, 3.05) is 6.54 Å². The van der Waals surface area contributed by atoms with Crippen molar-refractivity contribution < 1.29 is 9.18 Å². The smallest absolute Gasteiger partial charge is 0.242 e. The van der Waals surface area contributed by atoms with Crippen LogP contribution in [0.25, 0.3) is 11.0 Å². The third kappa shape index (κ3) is 2.57. The van der Waals surface area contributed by atoms with Crippen molar-refractivity contribution >= 4 is 45.1 Å². The van der Waals surface area contributed by atoms with E-state index in [1.807, 2.05) is 6.92 Å². The van der Waals surface area contributed by atoms with Crippen molar-refractivity contribution in [2.24, 2.45) is 0 Å². The molecular weight excluding hydrogens is 333 g/mol. The molecule has 0 saturated heterocycles. The van der Waals surface area contributed by atoms with Gasteiger partial charge in [-0.25, -0.2) is 4.39 Å². The minimum Gasteiger partial charge on any atom is -0.355 e. The number of likely N-dealkylation sites (N-methyl/N-ethyl adjacent to an activating group) is 1. The molecule has 1 unspecified atom stereocenters. The number of nitrogens with one attached hydrogen (secondary N) is 2. The molecule has 0 aliphatic heterocycles. The van der Waals surface area contributed by atoms with Gasteiger partial charge >= 0.3 is 0 Å². The number of hydrogen-bond donors (Lipinski definition) is 2. The van der Waals surface area contributed by atoms with Crippen LogP contribution in [-0.4, -0.2) is 22.0 Å². The average molecular weight is 346 g/mol. The van der Waals surface area contributed by atoms with Gasteiger partial charge in [0.15, 0.2) is 4.77 Å². The highest BCUT2D eigenvalue weighted by Crippen LogP contribution is 2.25. The molecule has 102 valence electrons. The fraction of sp³-hybridized carbons (Fsp3) is 0.333. The van der Waals surface area contributed by atoms with E-state index < -0.39 is 11.9 Å². The Kier molecular flexibility index (Phi) is 4.05. The second-order valence-corrected chi connectivity index (χ2v) is 5.40. The van der Waals surface area contributed by atoms with Crippen LogP contribution in [0.5, 0.6) is 0 Å². The van der Waals surface area contributed by atoms with E-state index in [1.54, 1.807) is 17.6 Å². The van der Waals surface area contributed by atoms with Crippen LogP contribution in [0, 0.1) is 10.6 Å². The van der Waals surface area contributed by atoms with Gasteiger partial charge in [-0.05, 0) is 48.1 Å². The largest absolute Gasteiger partial charge is 0.355 e. The topological polar surface area (TPSA) is 49.8 Å². The molecule has 1 amide bonds. The number of hydrogen-bond acceptors (Lipinski definition) is 2. The molecule has 7 heteroatoms. The summed E-state index contributed by atoms with van der Waals surface area (Å²) in [6, 6.07) is 2.48. The van der Waals surface area contributed by atoms with E-state index in [-0.39, 0.29) is 5.91 Å². The number of nitrogens with zero attached hydrogens (tertiary/aromatic N) is 1. The lowest BCUT2D eigenvalue weighted by Gasteiger charge is -2.14. The van der Waals surface area contributed by atoms with Gasteiger partial charge < -0.3 is 14.9 Å². The van der Waals surface area contributed by atoms with Gasteiger partial charge in [0, 0.05) is 12.6 Å². The normalized spacial score (nSPS) is 12.6. The van der Waals surface area contributed by atoms with Crippen LogP contribution in [0.1, 0.15) is 19.9 Å². The van der Waals surface area contributed by atoms with Gasteiger partial charge in [-0.3, -0.25) is 4.79 Å². The zero-order valence-electron chi connectivity index (χ0n) is 10.5. The maximum absolute atomic E-state index is 13.6. The summed E-state index contributed by atoms with van der Waals surface area (Å²) in [5.74, 6) is -0.541. The molecule has 1 aromatic carbocycles. The van der Waals surface area contributed by atoms with Gasteiger partial charge in [-0.2, -0.15) is 0 Å². The van der Waals surface area contributed by atoms with Crippen molar-refractivity contribution in [3.8, 4) is 0 Å². The summed E-state index contributed by atoms with van der Waals surface area (Å²) in [5.41, 5.74) is 1.26. The summed E-state index contributed by atoms with van der Waals surface area (Å²) in [7, 11) is 0. The summed E-state index contributed by atoms with van der Waals surface area (Å²) < 4.78 is 16.0. The van der Waals surface area contributed by atoms with E-state index in [0.29, 0.717) is 26.8 Å². The molecule has 1 aromatic heterocycles. The molecule has 4 nitrogen and oxygen atoms in total. The first-order valence-electron chi connectivity index (χ1n) is 5.82. The number of halogens is 2. The predicted molar refractivity (Wildman–Crippen MR) is 78.2 cm³/mol. The van der Waals surface area contributed by atoms with E-state index in [0.717, 1.165) is 0 Å². The first-order chi connectivity index (χ1) is 8.95. The monoisotopic (exact) mass is 345 g/mol. The molecule has 0 radical (unpaired) electrons. The van der Waals surface area contributed by atoms with Crippen LogP contribution < -0.4 is 5.32 Å². The fourth-order valence-electron chi connectivity index (χ4n) is 1.94. The lowest BCUT2D eigenvalue weighted by molar-refractivity contribution is -0.123. The summed E-state index contributed by atoms with van der Waals surface area (Å²) in [6.07, 6.45) is 0. The van der Waals surface area contributed by atoms with Crippen LogP contribution >= 0.6 is 28.1 Å². The Morgan fingerprint density at radius 1 is 1.63 bits per heavy atom. The molecule has 0 spiro atoms. The highest BCUT2D eigenvalue weighted by atomic mass is 79.9. The minimum absolute atomic E-state index is 0.150. The predicted octanol–water partition coefficient (Wildman–Crippen LogP) is 3.30. The zero-order valence-corrected chi connectivity index (χ0v) is 12.9. The molecule has 1 atom stereocenters. The Balaban J connectivity index is 2.60. The molecule has 0 saturated carbocycles. The number of carbonyl (C=O) groups excluding carboxylic acids is 1. The number of benzene rings is 1. The van der Waals surface area contributed by atoms with Crippen LogP contribution in [0.3, 0.4) is 0 Å². The van der Waals surface area contributed by atoms with Crippen molar-refractivity contribution in [3.05, 3.63) is 27.2 Å². The lowest BCUT2D eigenvalue weighted by Crippen LogP contribution is -2.30. The van der Waals surface area contributed by atoms with Gasteiger partial charge in [0.05, 0.1) is 15.5 Å². The molecule has 0 bridgehead atoms. The van der Waals surface area contributed by atoms with E-state index in [9.17, 15) is 9.18 Å². The molecule has 19 heavy (non-hydrogen) atoms. The van der Waals surface area contributed by atoms with Gasteiger partial charge in [0.1, 0.15) is 11.9 Å². The van der Waals surface area contributed by atoms with Crippen molar-refractivity contribution in [1.29, 1.82) is 0 Å². The second kappa shape index (κ2) is 5.42. The fourth-order valence-corrected chi connectivity index (χ4v) is 2.65. The number of H-pyrrole nitrogens is 1. The molecule has 0 aliphatic rings. The number of rotatable bonds is 3. The van der Waals surface area contributed by atoms with Crippen LogP contribution in [0.2, 0.25) is 0 Å². The molecule has 2 N–H and O–H groups in total. The molecule has 2 aromatic rings. The number of imidazole rings is 1. The van der Waals surface area contributed by atoms with Crippen molar-refractivity contribution in [1.82, 2.24) is 14.9 Å². The third-order valence-corrected chi connectivity index (χ3v) is 3.78. The van der Waals surface area contributed by atoms with Crippen molar-refractivity contribution in [3.63, 3.8) is 0 Å². The van der Waals surface area contributed by atoms with Crippen molar-refractivity contribution in [2.45, 2.75) is 19.9 Å². The Morgan fingerprint density at radius 2 is 2.32 bits per heavy atom. The maximum Gasteiger partial charge on any atom is 0.242 e. The summed E-state index contributed by atoms with van der Waals surface area (Å²) in [4.78, 5) is 14.9. The van der Waals surface area contributed by atoms with Gasteiger partial charge in [-0.15, -0.1) is 0 Å². The highest BCUT2D eigenvalue weighted by Gasteiger charge is 2.18. The quantitative estimate of drug-likeness (QED) is 0.838. The standard InChI is InChI=1S/C12H13BrFN3OS/c1-3-15-11(18)6(2)17-10-5-8(14)7(13)4-9(10)16-12(17)19/h4-6H,3H2,1-2H3,(H,15,18)(H,16,19). The number of aromatic nitrogens is 2. The Morgan fingerprint density at radius 3 is 2.95 bits per heavy atom. The summed E-state index contributed by atoms with van der Waals surface area (Å²) >= 11 is 8.33. The van der Waals surface area contributed by atoms with Crippen LogP contribution in [0.4, 0.5) is 4.39 Å². The van der Waals surface area contributed by atoms with Gasteiger partial charge in [0.2, 0.25) is 5.91 Å². The average Bonchev–Trinajstić information content (AvgIpc) is 2.65. The van der Waals surface area contributed by atoms with E-state index in [2.05, 4.69) is 26.2 Å². The van der Waals surface area contributed by atoms with Crippen LogP contribution in [-0.2, 0) is 4.79 Å². The maximum atomic E-state index is 13.6. The molecular formula is C12H13BrFN3OS. The molecule has 0 aliphatic carbocycles. The number of fused-ring (bicyclic) bond motifs is 1. The van der Waals surface area contributed by atoms with Gasteiger partial charge in [0.25, 0.3) is 0 Å². The van der Waals surface area contributed by atoms with Gasteiger partial charge in [-0.1, -0.05) is 0 Å². The second-order valence-electron chi connectivity index (χ2n) is 4.15. The molecule has 1 heterocycles. The number of carbonyl (C=O) groups is 1. The lowest BCUT2D eigenvalue weighted by atomic mass is 10.2. The SMILES string of the molecule is CCNC(=O)C(C)n1c(=S)[nH]c2cc(Br)c(F)cc21. The first-order valence-corrected chi connectivity index (χ1v) is 7.02. The summed E-state index contributed by atoms with van der Waals surface area (Å²) in [6.45, 7) is 4.11. The molecule has 0 fully saturated rings. The number of aromatic amines is 1. The van der Waals surface area contributed by atoms with E-state index in [1.165, 1.54) is 6.07 Å². The third-order valence-electron chi connectivity index (χ3n) is 2.88. The molecule has 2 rings (SSSR count). The zero-order chi connectivity index (χ0) is 14.2.